The lowest BCUT2D eigenvalue weighted by Crippen LogP contribution is -2.01. The summed E-state index contributed by atoms with van der Waals surface area (Å²) in [6.07, 6.45) is 1.16. The number of aromatic nitrogens is 2. The lowest BCUT2D eigenvalue weighted by Gasteiger charge is -2.10. The molecule has 0 aliphatic rings. The van der Waals surface area contributed by atoms with E-state index in [2.05, 4.69) is 21.0 Å². The van der Waals surface area contributed by atoms with Crippen LogP contribution >= 0.6 is 15.9 Å². The average Bonchev–Trinajstić information content (AvgIpc) is 3.06. The number of rotatable bonds is 4. The summed E-state index contributed by atoms with van der Waals surface area (Å²) in [6, 6.07) is 15.6. The zero-order chi connectivity index (χ0) is 18.9. The first-order valence-electron chi connectivity index (χ1n) is 7.48. The van der Waals surface area contributed by atoms with Crippen LogP contribution in [-0.4, -0.2) is 31.6 Å². The Labute approximate surface area is 159 Å². The molecule has 0 saturated heterocycles. The summed E-state index contributed by atoms with van der Waals surface area (Å²) in [5, 5.41) is 13.5. The maximum Gasteiger partial charge on any atom is 0.175 e. The van der Waals surface area contributed by atoms with Crippen LogP contribution in [0.1, 0.15) is 5.69 Å². The van der Waals surface area contributed by atoms with Crippen molar-refractivity contribution in [1.29, 1.82) is 5.26 Å². The minimum Gasteiger partial charge on any atom is -0.495 e. The number of nitrogens with zero attached hydrogens (tertiary/aromatic N) is 3. The highest BCUT2D eigenvalue weighted by Gasteiger charge is 2.14. The number of nitriles is 1. The van der Waals surface area contributed by atoms with Gasteiger partial charge in [0.1, 0.15) is 11.8 Å². The Morgan fingerprint density at radius 2 is 1.85 bits per heavy atom. The minimum absolute atomic E-state index is 0.234. The highest BCUT2D eigenvalue weighted by atomic mass is 79.9. The fourth-order valence-corrected chi connectivity index (χ4v) is 3.53. The predicted molar refractivity (Wildman–Crippen MR) is 101 cm³/mol. The third-order valence-corrected chi connectivity index (χ3v) is 5.57. The Kier molecular flexibility index (Phi) is 4.85. The Balaban J connectivity index is 2.15. The van der Waals surface area contributed by atoms with Gasteiger partial charge in [0.15, 0.2) is 15.5 Å². The lowest BCUT2D eigenvalue weighted by molar-refractivity contribution is 0.412. The molecule has 6 nitrogen and oxygen atoms in total. The van der Waals surface area contributed by atoms with Gasteiger partial charge in [0, 0.05) is 24.0 Å². The molecule has 1 aromatic heterocycles. The first-order chi connectivity index (χ1) is 12.3. The molecular formula is C18H14BrN3O3S. The van der Waals surface area contributed by atoms with E-state index in [1.807, 2.05) is 18.2 Å². The van der Waals surface area contributed by atoms with Crippen molar-refractivity contribution in [2.24, 2.45) is 0 Å². The molecule has 0 aliphatic carbocycles. The van der Waals surface area contributed by atoms with E-state index in [0.717, 1.165) is 16.3 Å². The first kappa shape index (κ1) is 18.2. The van der Waals surface area contributed by atoms with Crippen LogP contribution < -0.4 is 4.74 Å². The summed E-state index contributed by atoms with van der Waals surface area (Å²) < 4.78 is 31.0. The molecule has 1 heterocycles. The molecule has 2 aromatic carbocycles. The minimum atomic E-state index is -3.27. The largest absolute Gasteiger partial charge is 0.495 e. The predicted octanol–water partition coefficient (Wildman–Crippen LogP) is 3.59. The number of methoxy groups -OCH3 is 1. The van der Waals surface area contributed by atoms with Crippen molar-refractivity contribution in [3.05, 3.63) is 58.7 Å². The molecule has 0 bridgehead atoms. The summed E-state index contributed by atoms with van der Waals surface area (Å²) in [5.41, 5.74) is 2.39. The van der Waals surface area contributed by atoms with E-state index < -0.39 is 9.84 Å². The van der Waals surface area contributed by atoms with Crippen molar-refractivity contribution in [3.63, 3.8) is 0 Å². The monoisotopic (exact) mass is 431 g/mol. The second kappa shape index (κ2) is 6.94. The van der Waals surface area contributed by atoms with Gasteiger partial charge in [-0.1, -0.05) is 12.1 Å². The molecule has 0 radical (unpaired) electrons. The number of hydrogen-bond donors (Lipinski definition) is 0. The van der Waals surface area contributed by atoms with Crippen LogP contribution in [0.5, 0.6) is 5.75 Å². The van der Waals surface area contributed by atoms with E-state index in [1.54, 1.807) is 36.1 Å². The van der Waals surface area contributed by atoms with Crippen molar-refractivity contribution in [3.8, 4) is 28.8 Å². The van der Waals surface area contributed by atoms with Gasteiger partial charge in [-0.25, -0.2) is 13.1 Å². The molecule has 3 rings (SSSR count). The summed E-state index contributed by atoms with van der Waals surface area (Å²) in [7, 11) is -1.71. The lowest BCUT2D eigenvalue weighted by atomic mass is 10.1. The second-order valence-electron chi connectivity index (χ2n) is 5.55. The topological polar surface area (TPSA) is 85.0 Å². The van der Waals surface area contributed by atoms with Crippen LogP contribution in [0.3, 0.4) is 0 Å². The molecule has 0 N–H and O–H groups in total. The normalized spacial score (nSPS) is 11.2. The van der Waals surface area contributed by atoms with Gasteiger partial charge in [0.25, 0.3) is 0 Å². The van der Waals surface area contributed by atoms with Gasteiger partial charge in [0.2, 0.25) is 0 Å². The highest BCUT2D eigenvalue weighted by molar-refractivity contribution is 9.10. The van der Waals surface area contributed by atoms with E-state index in [-0.39, 0.29) is 10.6 Å². The number of benzene rings is 2. The van der Waals surface area contributed by atoms with Crippen molar-refractivity contribution in [1.82, 2.24) is 9.78 Å². The van der Waals surface area contributed by atoms with Gasteiger partial charge >= 0.3 is 0 Å². The van der Waals surface area contributed by atoms with Gasteiger partial charge in [0.05, 0.1) is 27.9 Å². The molecule has 0 aliphatic heterocycles. The molecule has 0 spiro atoms. The van der Waals surface area contributed by atoms with Gasteiger partial charge in [-0.15, -0.1) is 0 Å². The molecule has 0 amide bonds. The van der Waals surface area contributed by atoms with Gasteiger partial charge in [-0.2, -0.15) is 10.4 Å². The SMILES string of the molecule is COc1cc(-n2nc(C#N)cc2-c2ccc(S(C)(=O)=O)cc2)ccc1Br. The van der Waals surface area contributed by atoms with Crippen LogP contribution in [0.25, 0.3) is 16.9 Å². The zero-order valence-electron chi connectivity index (χ0n) is 14.0. The van der Waals surface area contributed by atoms with Gasteiger partial charge < -0.3 is 4.74 Å². The maximum absolute atomic E-state index is 11.6. The summed E-state index contributed by atoms with van der Waals surface area (Å²) in [4.78, 5) is 0.234. The van der Waals surface area contributed by atoms with E-state index in [1.165, 1.54) is 12.1 Å². The highest BCUT2D eigenvalue weighted by Crippen LogP contribution is 2.30. The van der Waals surface area contributed by atoms with Crippen molar-refractivity contribution < 1.29 is 13.2 Å². The first-order valence-corrected chi connectivity index (χ1v) is 10.2. The van der Waals surface area contributed by atoms with E-state index in [4.69, 9.17) is 4.74 Å². The second-order valence-corrected chi connectivity index (χ2v) is 8.42. The molecule has 0 saturated carbocycles. The van der Waals surface area contributed by atoms with Crippen molar-refractivity contribution >= 4 is 25.8 Å². The molecule has 8 heteroatoms. The van der Waals surface area contributed by atoms with Crippen LogP contribution in [0.4, 0.5) is 0 Å². The molecule has 0 fully saturated rings. The maximum atomic E-state index is 11.6. The third kappa shape index (κ3) is 3.49. The van der Waals surface area contributed by atoms with Crippen LogP contribution in [0, 0.1) is 11.3 Å². The Morgan fingerprint density at radius 1 is 1.15 bits per heavy atom. The van der Waals surface area contributed by atoms with E-state index >= 15 is 0 Å². The molecular weight excluding hydrogens is 418 g/mol. The van der Waals surface area contributed by atoms with Crippen LogP contribution in [-0.2, 0) is 9.84 Å². The third-order valence-electron chi connectivity index (χ3n) is 3.78. The van der Waals surface area contributed by atoms with Crippen molar-refractivity contribution in [2.45, 2.75) is 4.90 Å². The average molecular weight is 432 g/mol. The molecule has 132 valence electrons. The van der Waals surface area contributed by atoms with Crippen LogP contribution in [0.15, 0.2) is 57.9 Å². The standard InChI is InChI=1S/C18H14BrN3O3S/c1-25-18-10-14(5-8-16(18)19)22-17(9-13(11-20)21-22)12-3-6-15(7-4-12)26(2,23)24/h3-10H,1-2H3. The molecule has 0 unspecified atom stereocenters. The quantitative estimate of drug-likeness (QED) is 0.629. The van der Waals surface area contributed by atoms with E-state index in [0.29, 0.717) is 17.1 Å². The van der Waals surface area contributed by atoms with Crippen molar-refractivity contribution in [2.75, 3.05) is 13.4 Å². The Morgan fingerprint density at radius 3 is 2.42 bits per heavy atom. The Hall–Kier alpha value is -2.63. The summed E-state index contributed by atoms with van der Waals surface area (Å²) in [5.74, 6) is 0.634. The zero-order valence-corrected chi connectivity index (χ0v) is 16.4. The number of hydrogen-bond acceptors (Lipinski definition) is 5. The number of sulfone groups is 1. The number of ether oxygens (including phenoxy) is 1. The van der Waals surface area contributed by atoms with Gasteiger partial charge in [-0.05, 0) is 40.2 Å². The fourth-order valence-electron chi connectivity index (χ4n) is 2.49. The van der Waals surface area contributed by atoms with Gasteiger partial charge in [-0.3, -0.25) is 0 Å². The Bertz CT molecular complexity index is 1110. The number of halogens is 1. The fraction of sp³-hybridized carbons (Fsp3) is 0.111. The summed E-state index contributed by atoms with van der Waals surface area (Å²) >= 11 is 3.41. The molecule has 0 atom stereocenters. The summed E-state index contributed by atoms with van der Waals surface area (Å²) in [6.45, 7) is 0. The van der Waals surface area contributed by atoms with Crippen LogP contribution in [0.2, 0.25) is 0 Å². The smallest absolute Gasteiger partial charge is 0.175 e. The van der Waals surface area contributed by atoms with E-state index in [9.17, 15) is 13.7 Å². The molecule has 3 aromatic rings. The molecule has 26 heavy (non-hydrogen) atoms.